The number of nitrogens with zero attached hydrogens (tertiary/aromatic N) is 2. The van der Waals surface area contributed by atoms with E-state index < -0.39 is 5.91 Å². The van der Waals surface area contributed by atoms with Crippen LogP contribution in [0.2, 0.25) is 0 Å². The van der Waals surface area contributed by atoms with Gasteiger partial charge in [0.05, 0.1) is 11.1 Å². The Morgan fingerprint density at radius 1 is 0.943 bits per heavy atom. The highest BCUT2D eigenvalue weighted by Crippen LogP contribution is 2.37. The highest BCUT2D eigenvalue weighted by molar-refractivity contribution is 6.20. The van der Waals surface area contributed by atoms with E-state index in [1.807, 2.05) is 53.4 Å². The molecule has 0 spiro atoms. The molecule has 0 saturated carbocycles. The molecule has 1 aliphatic rings. The summed E-state index contributed by atoms with van der Waals surface area (Å²) in [7, 11) is 2.06. The summed E-state index contributed by atoms with van der Waals surface area (Å²) in [4.78, 5) is 44.1. The minimum atomic E-state index is -0.525. The number of aromatic nitrogens is 1. The zero-order chi connectivity index (χ0) is 24.7. The van der Waals surface area contributed by atoms with Crippen LogP contribution in [0.1, 0.15) is 27.6 Å². The van der Waals surface area contributed by atoms with Gasteiger partial charge in [0.25, 0.3) is 11.8 Å². The largest absolute Gasteiger partial charge is 0.366 e. The van der Waals surface area contributed by atoms with E-state index in [1.54, 1.807) is 6.07 Å². The number of amides is 3. The predicted octanol–water partition coefficient (Wildman–Crippen LogP) is 3.43. The lowest BCUT2D eigenvalue weighted by Gasteiger charge is -2.32. The Labute approximate surface area is 202 Å². The highest BCUT2D eigenvalue weighted by Gasteiger charge is 2.22. The molecule has 0 aliphatic carbocycles. The van der Waals surface area contributed by atoms with E-state index in [1.165, 1.54) is 6.92 Å². The number of H-pyrrole nitrogens is 1. The number of likely N-dealkylation sites (N-methyl/N-ethyl adjacent to an activating group) is 1. The summed E-state index contributed by atoms with van der Waals surface area (Å²) in [6, 6.07) is 16.7. The lowest BCUT2D eigenvalue weighted by molar-refractivity contribution is -0.114. The third-order valence-corrected chi connectivity index (χ3v) is 6.57. The molecule has 8 heteroatoms. The molecule has 8 nitrogen and oxygen atoms in total. The molecular formula is C27H27N5O3. The van der Waals surface area contributed by atoms with Crippen molar-refractivity contribution < 1.29 is 14.4 Å². The molecule has 0 bridgehead atoms. The molecule has 5 rings (SSSR count). The number of nitrogens with two attached hydrogens (primary N) is 1. The molecule has 1 saturated heterocycles. The van der Waals surface area contributed by atoms with Crippen LogP contribution in [0.3, 0.4) is 0 Å². The number of benzene rings is 3. The second kappa shape index (κ2) is 8.88. The van der Waals surface area contributed by atoms with Gasteiger partial charge in [0, 0.05) is 60.6 Å². The standard InChI is InChI=1S/C27H27N5O3/c1-16(33)29-19-6-3-17(4-7-19)20-9-10-22(26(28)34)25-24(20)21-8-5-18(15-23(21)30-25)27(35)32-13-11-31(2)12-14-32/h3-10,15,30H,11-14H2,1-2H3,(H2,28,34)(H,29,33). The van der Waals surface area contributed by atoms with Crippen molar-refractivity contribution in [2.75, 3.05) is 38.5 Å². The van der Waals surface area contributed by atoms with Crippen LogP contribution in [0.5, 0.6) is 0 Å². The number of carbonyl (C=O) groups is 3. The average Bonchev–Trinajstić information content (AvgIpc) is 3.22. The second-order valence-electron chi connectivity index (χ2n) is 9.01. The third kappa shape index (κ3) is 4.24. The van der Waals surface area contributed by atoms with Crippen LogP contribution in [0.15, 0.2) is 54.6 Å². The van der Waals surface area contributed by atoms with Crippen molar-refractivity contribution >= 4 is 45.2 Å². The lowest BCUT2D eigenvalue weighted by Crippen LogP contribution is -2.47. The molecule has 3 amide bonds. The monoisotopic (exact) mass is 469 g/mol. The number of hydrogen-bond acceptors (Lipinski definition) is 4. The Balaban J connectivity index is 1.61. The maximum absolute atomic E-state index is 13.1. The molecule has 1 fully saturated rings. The topological polar surface area (TPSA) is 112 Å². The van der Waals surface area contributed by atoms with Gasteiger partial charge in [-0.05, 0) is 48.5 Å². The molecule has 35 heavy (non-hydrogen) atoms. The molecule has 4 aromatic rings. The Morgan fingerprint density at radius 3 is 2.31 bits per heavy atom. The quantitative estimate of drug-likeness (QED) is 0.425. The van der Waals surface area contributed by atoms with E-state index in [0.29, 0.717) is 35.4 Å². The zero-order valence-electron chi connectivity index (χ0n) is 19.7. The van der Waals surface area contributed by atoms with Gasteiger partial charge in [-0.1, -0.05) is 24.3 Å². The molecule has 178 valence electrons. The van der Waals surface area contributed by atoms with E-state index in [4.69, 9.17) is 5.73 Å². The summed E-state index contributed by atoms with van der Waals surface area (Å²) < 4.78 is 0. The van der Waals surface area contributed by atoms with Crippen LogP contribution in [0.25, 0.3) is 32.9 Å². The summed E-state index contributed by atoms with van der Waals surface area (Å²) in [5.74, 6) is -0.657. The minimum Gasteiger partial charge on any atom is -0.366 e. The summed E-state index contributed by atoms with van der Waals surface area (Å²) in [5.41, 5.74) is 10.6. The second-order valence-corrected chi connectivity index (χ2v) is 9.01. The molecule has 1 aliphatic heterocycles. The van der Waals surface area contributed by atoms with Gasteiger partial charge in [0.1, 0.15) is 0 Å². The van der Waals surface area contributed by atoms with Gasteiger partial charge in [-0.2, -0.15) is 0 Å². The first-order valence-electron chi connectivity index (χ1n) is 11.6. The Morgan fingerprint density at radius 2 is 1.66 bits per heavy atom. The third-order valence-electron chi connectivity index (χ3n) is 6.57. The summed E-state index contributed by atoms with van der Waals surface area (Å²) in [6.45, 7) is 4.57. The number of carbonyl (C=O) groups excluding carboxylic acids is 3. The fourth-order valence-corrected chi connectivity index (χ4v) is 4.72. The maximum Gasteiger partial charge on any atom is 0.254 e. The van der Waals surface area contributed by atoms with Crippen molar-refractivity contribution in [1.29, 1.82) is 0 Å². The molecular weight excluding hydrogens is 442 g/mol. The van der Waals surface area contributed by atoms with E-state index in [0.717, 1.165) is 40.5 Å². The van der Waals surface area contributed by atoms with E-state index in [9.17, 15) is 14.4 Å². The number of anilines is 1. The number of rotatable bonds is 4. The van der Waals surface area contributed by atoms with Crippen LogP contribution >= 0.6 is 0 Å². The van der Waals surface area contributed by atoms with Gasteiger partial charge in [-0.25, -0.2) is 0 Å². The molecule has 3 aromatic carbocycles. The number of fused-ring (bicyclic) bond motifs is 3. The maximum atomic E-state index is 13.1. The Bertz CT molecular complexity index is 1460. The van der Waals surface area contributed by atoms with Crippen molar-refractivity contribution in [3.63, 3.8) is 0 Å². The fourth-order valence-electron chi connectivity index (χ4n) is 4.72. The SMILES string of the molecule is CC(=O)Nc1ccc(-c2ccc(C(N)=O)c3[nH]c4cc(C(=O)N5CCN(C)CC5)ccc4c23)cc1. The van der Waals surface area contributed by atoms with Crippen LogP contribution in [0.4, 0.5) is 5.69 Å². The van der Waals surface area contributed by atoms with Crippen LogP contribution in [0, 0.1) is 0 Å². The number of nitrogens with one attached hydrogen (secondary N) is 2. The predicted molar refractivity (Wildman–Crippen MR) is 137 cm³/mol. The Kier molecular flexibility index (Phi) is 5.74. The normalized spacial score (nSPS) is 14.4. The van der Waals surface area contributed by atoms with Crippen molar-refractivity contribution in [1.82, 2.24) is 14.8 Å². The molecule has 0 atom stereocenters. The van der Waals surface area contributed by atoms with E-state index >= 15 is 0 Å². The smallest absolute Gasteiger partial charge is 0.254 e. The highest BCUT2D eigenvalue weighted by atomic mass is 16.2. The van der Waals surface area contributed by atoms with Crippen LogP contribution < -0.4 is 11.1 Å². The van der Waals surface area contributed by atoms with Crippen molar-refractivity contribution in [2.45, 2.75) is 6.92 Å². The van der Waals surface area contributed by atoms with E-state index in [-0.39, 0.29) is 11.8 Å². The molecule has 2 heterocycles. The van der Waals surface area contributed by atoms with Gasteiger partial charge in [0.2, 0.25) is 5.91 Å². The first-order chi connectivity index (χ1) is 16.8. The first kappa shape index (κ1) is 22.6. The van der Waals surface area contributed by atoms with Crippen molar-refractivity contribution in [2.24, 2.45) is 5.73 Å². The van der Waals surface area contributed by atoms with Gasteiger partial charge in [0.15, 0.2) is 0 Å². The number of aromatic amines is 1. The van der Waals surface area contributed by atoms with Crippen molar-refractivity contribution in [3.05, 3.63) is 65.7 Å². The van der Waals surface area contributed by atoms with Gasteiger partial charge < -0.3 is 25.8 Å². The van der Waals surface area contributed by atoms with Crippen molar-refractivity contribution in [3.8, 4) is 11.1 Å². The summed E-state index contributed by atoms with van der Waals surface area (Å²) >= 11 is 0. The number of primary amides is 1. The lowest BCUT2D eigenvalue weighted by atomic mass is 9.96. The molecule has 0 radical (unpaired) electrons. The van der Waals surface area contributed by atoms with Crippen LogP contribution in [-0.4, -0.2) is 65.7 Å². The number of piperazine rings is 1. The van der Waals surface area contributed by atoms with Gasteiger partial charge in [-0.3, -0.25) is 14.4 Å². The summed E-state index contributed by atoms with van der Waals surface area (Å²) in [5, 5.41) is 4.54. The molecule has 4 N–H and O–H groups in total. The molecule has 0 unspecified atom stereocenters. The van der Waals surface area contributed by atoms with Crippen LogP contribution in [-0.2, 0) is 4.79 Å². The van der Waals surface area contributed by atoms with Gasteiger partial charge in [-0.15, -0.1) is 0 Å². The number of hydrogen-bond donors (Lipinski definition) is 3. The van der Waals surface area contributed by atoms with Gasteiger partial charge >= 0.3 is 0 Å². The van der Waals surface area contributed by atoms with E-state index in [2.05, 4.69) is 22.2 Å². The minimum absolute atomic E-state index is 0.00237. The first-order valence-corrected chi connectivity index (χ1v) is 11.6. The summed E-state index contributed by atoms with van der Waals surface area (Å²) in [6.07, 6.45) is 0. The Hall–Kier alpha value is -4.17. The fraction of sp³-hybridized carbons (Fsp3) is 0.222. The average molecular weight is 470 g/mol. The molecule has 1 aromatic heterocycles. The zero-order valence-corrected chi connectivity index (χ0v) is 19.7.